The number of thiocarbonyl (C=S) groups is 1. The summed E-state index contributed by atoms with van der Waals surface area (Å²) in [6.45, 7) is 2.95. The molecule has 18 heavy (non-hydrogen) atoms. The van der Waals surface area contributed by atoms with Crippen LogP contribution in [0.1, 0.15) is 12.5 Å². The maximum atomic E-state index is 11.8. The van der Waals surface area contributed by atoms with Crippen molar-refractivity contribution in [2.75, 3.05) is 13.6 Å². The molecular formula is C13H19N3OS. The summed E-state index contributed by atoms with van der Waals surface area (Å²) in [5.74, 6) is 0.0208. The van der Waals surface area contributed by atoms with Crippen molar-refractivity contribution in [1.82, 2.24) is 10.2 Å². The number of urea groups is 1. The van der Waals surface area contributed by atoms with Gasteiger partial charge in [-0.05, 0) is 5.56 Å². The van der Waals surface area contributed by atoms with Crippen LogP contribution in [0.25, 0.3) is 0 Å². The summed E-state index contributed by atoms with van der Waals surface area (Å²) >= 11 is 4.88. The van der Waals surface area contributed by atoms with Crippen LogP contribution in [-0.2, 0) is 6.54 Å². The molecule has 98 valence electrons. The van der Waals surface area contributed by atoms with E-state index in [9.17, 15) is 4.79 Å². The Morgan fingerprint density at radius 2 is 2.06 bits per heavy atom. The van der Waals surface area contributed by atoms with Gasteiger partial charge in [0.05, 0.1) is 4.99 Å². The van der Waals surface area contributed by atoms with Gasteiger partial charge in [0.1, 0.15) is 0 Å². The van der Waals surface area contributed by atoms with Gasteiger partial charge < -0.3 is 16.0 Å². The third-order valence-electron chi connectivity index (χ3n) is 2.67. The molecule has 0 aromatic heterocycles. The summed E-state index contributed by atoms with van der Waals surface area (Å²) in [4.78, 5) is 13.8. The Hall–Kier alpha value is -1.62. The maximum absolute atomic E-state index is 11.8. The number of benzene rings is 1. The summed E-state index contributed by atoms with van der Waals surface area (Å²) in [5, 5.41) is 2.85. The zero-order valence-corrected chi connectivity index (χ0v) is 11.5. The van der Waals surface area contributed by atoms with E-state index in [4.69, 9.17) is 18.0 Å². The third-order valence-corrected chi connectivity index (χ3v) is 3.07. The second-order valence-electron chi connectivity index (χ2n) is 4.33. The van der Waals surface area contributed by atoms with E-state index in [0.717, 1.165) is 5.56 Å². The number of rotatable bonds is 5. The quantitative estimate of drug-likeness (QED) is 0.797. The van der Waals surface area contributed by atoms with Gasteiger partial charge in [-0.2, -0.15) is 0 Å². The fourth-order valence-electron chi connectivity index (χ4n) is 1.49. The molecule has 0 bridgehead atoms. The Kier molecular flexibility index (Phi) is 5.58. The number of amides is 2. The van der Waals surface area contributed by atoms with Gasteiger partial charge in [0.15, 0.2) is 0 Å². The summed E-state index contributed by atoms with van der Waals surface area (Å²) in [6, 6.07) is 9.65. The number of carbonyl (C=O) groups is 1. The highest BCUT2D eigenvalue weighted by Gasteiger charge is 2.13. The van der Waals surface area contributed by atoms with Crippen molar-refractivity contribution in [3.05, 3.63) is 35.9 Å². The van der Waals surface area contributed by atoms with Crippen molar-refractivity contribution in [3.63, 3.8) is 0 Å². The molecule has 3 N–H and O–H groups in total. The molecule has 1 atom stereocenters. The first-order valence-corrected chi connectivity index (χ1v) is 6.23. The molecule has 5 heteroatoms. The molecular weight excluding hydrogens is 246 g/mol. The van der Waals surface area contributed by atoms with Gasteiger partial charge in [-0.25, -0.2) is 4.79 Å². The number of carbonyl (C=O) groups excluding carboxylic acids is 1. The fraction of sp³-hybridized carbons (Fsp3) is 0.385. The standard InChI is InChI=1S/C13H19N3OS/c1-10(12(14)18)9-16(2)13(17)15-8-11-6-4-3-5-7-11/h3-7,10H,8-9H2,1-2H3,(H2,14,18)(H,15,17). The minimum Gasteiger partial charge on any atom is -0.393 e. The molecule has 0 spiro atoms. The van der Waals surface area contributed by atoms with Crippen molar-refractivity contribution < 1.29 is 4.79 Å². The Morgan fingerprint density at radius 3 is 2.61 bits per heavy atom. The van der Waals surface area contributed by atoms with Gasteiger partial charge in [0, 0.05) is 26.1 Å². The van der Waals surface area contributed by atoms with E-state index in [0.29, 0.717) is 18.1 Å². The minimum absolute atomic E-state index is 0.0208. The van der Waals surface area contributed by atoms with Crippen molar-refractivity contribution in [3.8, 4) is 0 Å². The number of nitrogens with one attached hydrogen (secondary N) is 1. The van der Waals surface area contributed by atoms with Crippen LogP contribution in [0.2, 0.25) is 0 Å². The summed E-state index contributed by atoms with van der Waals surface area (Å²) in [6.07, 6.45) is 0. The van der Waals surface area contributed by atoms with Crippen molar-refractivity contribution >= 4 is 23.2 Å². The minimum atomic E-state index is -0.123. The van der Waals surface area contributed by atoms with E-state index in [1.807, 2.05) is 37.3 Å². The first-order valence-electron chi connectivity index (χ1n) is 5.83. The summed E-state index contributed by atoms with van der Waals surface area (Å²) < 4.78 is 0. The van der Waals surface area contributed by atoms with Crippen LogP contribution < -0.4 is 11.1 Å². The third kappa shape index (κ3) is 4.71. The Bertz CT molecular complexity index is 408. The zero-order valence-electron chi connectivity index (χ0n) is 10.7. The summed E-state index contributed by atoms with van der Waals surface area (Å²) in [5.41, 5.74) is 6.59. The smallest absolute Gasteiger partial charge is 0.317 e. The number of nitrogens with zero attached hydrogens (tertiary/aromatic N) is 1. The average molecular weight is 265 g/mol. The lowest BCUT2D eigenvalue weighted by molar-refractivity contribution is 0.206. The van der Waals surface area contributed by atoms with Gasteiger partial charge in [-0.15, -0.1) is 0 Å². The largest absolute Gasteiger partial charge is 0.393 e. The molecule has 2 amide bonds. The molecule has 0 aliphatic heterocycles. The van der Waals surface area contributed by atoms with Crippen LogP contribution in [0.15, 0.2) is 30.3 Å². The molecule has 1 aromatic carbocycles. The number of nitrogens with two attached hydrogens (primary N) is 1. The number of hydrogen-bond donors (Lipinski definition) is 2. The normalized spacial score (nSPS) is 11.7. The predicted octanol–water partition coefficient (Wildman–Crippen LogP) is 1.75. The molecule has 0 aliphatic carbocycles. The van der Waals surface area contributed by atoms with Crippen LogP contribution in [0.5, 0.6) is 0 Å². The van der Waals surface area contributed by atoms with E-state index in [1.165, 1.54) is 0 Å². The lowest BCUT2D eigenvalue weighted by Crippen LogP contribution is -2.41. The topological polar surface area (TPSA) is 58.4 Å². The molecule has 0 fully saturated rings. The molecule has 0 heterocycles. The monoisotopic (exact) mass is 265 g/mol. The molecule has 0 saturated heterocycles. The van der Waals surface area contributed by atoms with Crippen molar-refractivity contribution in [2.24, 2.45) is 11.7 Å². The van der Waals surface area contributed by atoms with Crippen LogP contribution in [-0.4, -0.2) is 29.5 Å². The first kappa shape index (κ1) is 14.4. The Balaban J connectivity index is 2.39. The molecule has 1 aromatic rings. The van der Waals surface area contributed by atoms with E-state index in [1.54, 1.807) is 11.9 Å². The molecule has 0 saturated carbocycles. The molecule has 4 nitrogen and oxygen atoms in total. The zero-order chi connectivity index (χ0) is 13.5. The van der Waals surface area contributed by atoms with Crippen molar-refractivity contribution in [2.45, 2.75) is 13.5 Å². The van der Waals surface area contributed by atoms with Gasteiger partial charge in [-0.3, -0.25) is 0 Å². The Labute approximate surface area is 113 Å². The van der Waals surface area contributed by atoms with E-state index < -0.39 is 0 Å². The second kappa shape index (κ2) is 6.96. The van der Waals surface area contributed by atoms with Gasteiger partial charge in [-0.1, -0.05) is 49.5 Å². The Morgan fingerprint density at radius 1 is 1.44 bits per heavy atom. The molecule has 0 aliphatic rings. The van der Waals surface area contributed by atoms with Crippen LogP contribution in [0, 0.1) is 5.92 Å². The van der Waals surface area contributed by atoms with E-state index in [-0.39, 0.29) is 11.9 Å². The predicted molar refractivity (Wildman–Crippen MR) is 77.3 cm³/mol. The summed E-state index contributed by atoms with van der Waals surface area (Å²) in [7, 11) is 1.73. The fourth-order valence-corrected chi connectivity index (χ4v) is 1.57. The number of hydrogen-bond acceptors (Lipinski definition) is 2. The average Bonchev–Trinajstić information content (AvgIpc) is 2.36. The van der Waals surface area contributed by atoms with Gasteiger partial charge in [0.2, 0.25) is 0 Å². The highest BCUT2D eigenvalue weighted by Crippen LogP contribution is 2.01. The van der Waals surface area contributed by atoms with Crippen LogP contribution in [0.3, 0.4) is 0 Å². The maximum Gasteiger partial charge on any atom is 0.317 e. The molecule has 0 radical (unpaired) electrons. The second-order valence-corrected chi connectivity index (χ2v) is 4.80. The SMILES string of the molecule is CC(CN(C)C(=O)NCc1ccccc1)C(N)=S. The van der Waals surface area contributed by atoms with E-state index in [2.05, 4.69) is 5.32 Å². The van der Waals surface area contributed by atoms with Crippen LogP contribution in [0.4, 0.5) is 4.79 Å². The van der Waals surface area contributed by atoms with Crippen molar-refractivity contribution in [1.29, 1.82) is 0 Å². The molecule has 1 rings (SSSR count). The lowest BCUT2D eigenvalue weighted by atomic mass is 10.2. The van der Waals surface area contributed by atoms with Gasteiger partial charge >= 0.3 is 6.03 Å². The first-order chi connectivity index (χ1) is 8.50. The van der Waals surface area contributed by atoms with Gasteiger partial charge in [0.25, 0.3) is 0 Å². The van der Waals surface area contributed by atoms with E-state index >= 15 is 0 Å². The highest BCUT2D eigenvalue weighted by atomic mass is 32.1. The van der Waals surface area contributed by atoms with Crippen LogP contribution >= 0.6 is 12.2 Å². The highest BCUT2D eigenvalue weighted by molar-refractivity contribution is 7.80. The lowest BCUT2D eigenvalue weighted by Gasteiger charge is -2.21. The molecule has 1 unspecified atom stereocenters.